The summed E-state index contributed by atoms with van der Waals surface area (Å²) >= 11 is 0. The van der Waals surface area contributed by atoms with Crippen molar-refractivity contribution in [3.05, 3.63) is 82.8 Å². The van der Waals surface area contributed by atoms with Gasteiger partial charge in [-0.15, -0.1) is 0 Å². The Morgan fingerprint density at radius 2 is 1.77 bits per heavy atom. The van der Waals surface area contributed by atoms with Gasteiger partial charge in [0, 0.05) is 24.7 Å². The van der Waals surface area contributed by atoms with Crippen LogP contribution in [-0.2, 0) is 17.8 Å². The van der Waals surface area contributed by atoms with Crippen molar-refractivity contribution in [2.45, 2.75) is 19.4 Å². The van der Waals surface area contributed by atoms with E-state index >= 15 is 0 Å². The summed E-state index contributed by atoms with van der Waals surface area (Å²) in [5, 5.41) is 1.57. The summed E-state index contributed by atoms with van der Waals surface area (Å²) < 4.78 is 1.52. The molecule has 4 heteroatoms. The minimum atomic E-state index is -0.100. The van der Waals surface area contributed by atoms with Gasteiger partial charge in [-0.3, -0.25) is 9.59 Å². The Hall–Kier alpha value is -2.88. The maximum Gasteiger partial charge on any atom is 0.258 e. The average Bonchev–Trinajstić information content (AvgIpc) is 3.14. The number of rotatable bonds is 4. The van der Waals surface area contributed by atoms with Crippen LogP contribution in [0.1, 0.15) is 12.0 Å². The molecule has 2 heterocycles. The fourth-order valence-electron chi connectivity index (χ4n) is 3.77. The first-order valence-electron chi connectivity index (χ1n) is 9.10. The predicted octanol–water partition coefficient (Wildman–Crippen LogP) is 3.09. The fourth-order valence-corrected chi connectivity index (χ4v) is 3.77. The van der Waals surface area contributed by atoms with Crippen molar-refractivity contribution in [3.8, 4) is 0 Å². The number of nitrogens with zero attached hydrogens (tertiary/aromatic N) is 2. The molecule has 1 aliphatic heterocycles. The maximum absolute atomic E-state index is 12.7. The molecule has 1 amide bonds. The van der Waals surface area contributed by atoms with Crippen molar-refractivity contribution in [2.24, 2.45) is 5.92 Å². The molecule has 1 saturated heterocycles. The summed E-state index contributed by atoms with van der Waals surface area (Å²) in [6.07, 6.45) is 3.74. The van der Waals surface area contributed by atoms with Crippen LogP contribution in [0.25, 0.3) is 10.8 Å². The fraction of sp³-hybridized carbons (Fsp3) is 0.273. The third-order valence-corrected chi connectivity index (χ3v) is 5.20. The normalized spacial score (nSPS) is 16.9. The molecule has 4 rings (SSSR count). The Kier molecular flexibility index (Phi) is 4.57. The van der Waals surface area contributed by atoms with Crippen molar-refractivity contribution in [1.82, 2.24) is 9.47 Å². The van der Waals surface area contributed by atoms with Gasteiger partial charge in [0.1, 0.15) is 6.54 Å². The number of pyridine rings is 1. The molecule has 0 bridgehead atoms. The van der Waals surface area contributed by atoms with E-state index in [-0.39, 0.29) is 18.0 Å². The van der Waals surface area contributed by atoms with Crippen LogP contribution in [0.3, 0.4) is 0 Å². The summed E-state index contributed by atoms with van der Waals surface area (Å²) in [6, 6.07) is 19.8. The molecule has 132 valence electrons. The highest BCUT2D eigenvalue weighted by Gasteiger charge is 2.26. The van der Waals surface area contributed by atoms with E-state index in [0.717, 1.165) is 31.3 Å². The van der Waals surface area contributed by atoms with E-state index in [9.17, 15) is 9.59 Å². The summed E-state index contributed by atoms with van der Waals surface area (Å²) in [6.45, 7) is 1.66. The summed E-state index contributed by atoms with van der Waals surface area (Å²) in [7, 11) is 0. The SMILES string of the molecule is O=C(Cn1ccc2ccccc2c1=O)N1CCC(Cc2ccccc2)C1. The van der Waals surface area contributed by atoms with Crippen LogP contribution in [0.15, 0.2) is 71.7 Å². The second kappa shape index (κ2) is 7.16. The number of fused-ring (bicyclic) bond motifs is 1. The number of carbonyl (C=O) groups is 1. The zero-order valence-corrected chi connectivity index (χ0v) is 14.7. The highest BCUT2D eigenvalue weighted by Crippen LogP contribution is 2.21. The van der Waals surface area contributed by atoms with Crippen molar-refractivity contribution in [3.63, 3.8) is 0 Å². The zero-order chi connectivity index (χ0) is 17.9. The molecular formula is C22H22N2O2. The molecule has 4 nitrogen and oxygen atoms in total. The quantitative estimate of drug-likeness (QED) is 0.728. The Labute approximate surface area is 152 Å². The predicted molar refractivity (Wildman–Crippen MR) is 103 cm³/mol. The molecule has 0 aliphatic carbocycles. The first-order valence-corrected chi connectivity index (χ1v) is 9.10. The minimum Gasteiger partial charge on any atom is -0.341 e. The van der Waals surface area contributed by atoms with Crippen molar-refractivity contribution in [1.29, 1.82) is 0 Å². The van der Waals surface area contributed by atoms with E-state index in [4.69, 9.17) is 0 Å². The molecule has 1 unspecified atom stereocenters. The van der Waals surface area contributed by atoms with Gasteiger partial charge in [-0.2, -0.15) is 0 Å². The van der Waals surface area contributed by atoms with Crippen LogP contribution in [0.5, 0.6) is 0 Å². The van der Waals surface area contributed by atoms with Crippen LogP contribution in [0.2, 0.25) is 0 Å². The standard InChI is InChI=1S/C22H22N2O2/c25-21(16-24-13-11-19-8-4-5-9-20(19)22(24)26)23-12-10-18(15-23)14-17-6-2-1-3-7-17/h1-9,11,13,18H,10,12,14-16H2. The monoisotopic (exact) mass is 346 g/mol. The second-order valence-electron chi connectivity index (χ2n) is 7.02. The lowest BCUT2D eigenvalue weighted by Crippen LogP contribution is -2.35. The van der Waals surface area contributed by atoms with E-state index in [2.05, 4.69) is 24.3 Å². The summed E-state index contributed by atoms with van der Waals surface area (Å²) in [5.41, 5.74) is 1.22. The highest BCUT2D eigenvalue weighted by molar-refractivity contribution is 5.82. The van der Waals surface area contributed by atoms with Crippen LogP contribution in [-0.4, -0.2) is 28.5 Å². The van der Waals surface area contributed by atoms with E-state index in [1.54, 1.807) is 6.20 Å². The lowest BCUT2D eigenvalue weighted by molar-refractivity contribution is -0.130. The van der Waals surface area contributed by atoms with Crippen LogP contribution < -0.4 is 5.56 Å². The molecule has 1 fully saturated rings. The van der Waals surface area contributed by atoms with Gasteiger partial charge in [0.05, 0.1) is 0 Å². The molecule has 0 radical (unpaired) electrons. The summed E-state index contributed by atoms with van der Waals surface area (Å²) in [4.78, 5) is 27.1. The molecule has 1 aromatic heterocycles. The Morgan fingerprint density at radius 1 is 1.00 bits per heavy atom. The molecule has 1 aliphatic rings. The Morgan fingerprint density at radius 3 is 2.62 bits per heavy atom. The van der Waals surface area contributed by atoms with E-state index in [0.29, 0.717) is 11.3 Å². The van der Waals surface area contributed by atoms with E-state index in [1.165, 1.54) is 10.1 Å². The minimum absolute atomic E-state index is 0.0259. The van der Waals surface area contributed by atoms with Gasteiger partial charge in [-0.1, -0.05) is 48.5 Å². The number of carbonyl (C=O) groups excluding carboxylic acids is 1. The third-order valence-electron chi connectivity index (χ3n) is 5.20. The number of hydrogen-bond donors (Lipinski definition) is 0. The van der Waals surface area contributed by atoms with Crippen LogP contribution in [0, 0.1) is 5.92 Å². The average molecular weight is 346 g/mol. The summed E-state index contributed by atoms with van der Waals surface area (Å²) in [5.74, 6) is 0.521. The van der Waals surface area contributed by atoms with Gasteiger partial charge in [0.2, 0.25) is 5.91 Å². The smallest absolute Gasteiger partial charge is 0.258 e. The van der Waals surface area contributed by atoms with Gasteiger partial charge in [-0.25, -0.2) is 0 Å². The Balaban J connectivity index is 1.43. The van der Waals surface area contributed by atoms with E-state index in [1.807, 2.05) is 41.3 Å². The van der Waals surface area contributed by atoms with Crippen molar-refractivity contribution >= 4 is 16.7 Å². The molecule has 2 aromatic carbocycles. The molecule has 3 aromatic rings. The van der Waals surface area contributed by atoms with Crippen molar-refractivity contribution in [2.75, 3.05) is 13.1 Å². The van der Waals surface area contributed by atoms with E-state index < -0.39 is 0 Å². The number of benzene rings is 2. The first-order chi connectivity index (χ1) is 12.7. The van der Waals surface area contributed by atoms with Gasteiger partial charge in [0.25, 0.3) is 5.56 Å². The molecule has 0 saturated carbocycles. The third kappa shape index (κ3) is 3.40. The van der Waals surface area contributed by atoms with Gasteiger partial charge >= 0.3 is 0 Å². The number of aromatic nitrogens is 1. The van der Waals surface area contributed by atoms with Gasteiger partial charge in [0.15, 0.2) is 0 Å². The zero-order valence-electron chi connectivity index (χ0n) is 14.7. The number of hydrogen-bond acceptors (Lipinski definition) is 2. The first kappa shape index (κ1) is 16.6. The number of amides is 1. The maximum atomic E-state index is 12.7. The lowest BCUT2D eigenvalue weighted by Gasteiger charge is -2.17. The van der Waals surface area contributed by atoms with Crippen LogP contribution in [0.4, 0.5) is 0 Å². The van der Waals surface area contributed by atoms with Crippen LogP contribution >= 0.6 is 0 Å². The highest BCUT2D eigenvalue weighted by atomic mass is 16.2. The topological polar surface area (TPSA) is 42.3 Å². The van der Waals surface area contributed by atoms with Gasteiger partial charge in [-0.05, 0) is 41.8 Å². The Bertz CT molecular complexity index is 978. The largest absolute Gasteiger partial charge is 0.341 e. The lowest BCUT2D eigenvalue weighted by atomic mass is 9.99. The second-order valence-corrected chi connectivity index (χ2v) is 7.02. The molecule has 1 atom stereocenters. The molecule has 0 N–H and O–H groups in total. The molecule has 26 heavy (non-hydrogen) atoms. The number of likely N-dealkylation sites (tertiary alicyclic amines) is 1. The molecule has 0 spiro atoms. The van der Waals surface area contributed by atoms with Crippen molar-refractivity contribution < 1.29 is 4.79 Å². The molecular weight excluding hydrogens is 324 g/mol. The van der Waals surface area contributed by atoms with Gasteiger partial charge < -0.3 is 9.47 Å².